The second-order valence-electron chi connectivity index (χ2n) is 7.42. The number of ether oxygens (including phenoxy) is 1. The maximum Gasteiger partial charge on any atom is 0.123 e. The van der Waals surface area contributed by atoms with Crippen LogP contribution in [0.1, 0.15) is 71.9 Å². The van der Waals surface area contributed by atoms with Crippen molar-refractivity contribution in [2.24, 2.45) is 5.92 Å². The summed E-state index contributed by atoms with van der Waals surface area (Å²) in [6, 6.07) is 6.72. The zero-order chi connectivity index (χ0) is 16.0. The molecule has 0 spiro atoms. The highest BCUT2D eigenvalue weighted by Crippen LogP contribution is 2.34. The minimum absolute atomic E-state index is 0.0998. The number of rotatable bonds is 6. The molecule has 1 nitrogen and oxygen atoms in total. The Morgan fingerprint density at radius 2 is 1.81 bits per heavy atom. The summed E-state index contributed by atoms with van der Waals surface area (Å²) in [6.07, 6.45) is 5.46. The molecule has 1 rings (SSSR count). The molecule has 0 aliphatic carbocycles. The van der Waals surface area contributed by atoms with Crippen molar-refractivity contribution in [3.63, 3.8) is 0 Å². The van der Waals surface area contributed by atoms with E-state index in [1.165, 1.54) is 11.1 Å². The van der Waals surface area contributed by atoms with Gasteiger partial charge < -0.3 is 4.74 Å². The Hall–Kier alpha value is -1.24. The van der Waals surface area contributed by atoms with E-state index in [1.54, 1.807) is 0 Å². The van der Waals surface area contributed by atoms with Crippen LogP contribution in [0.5, 0.6) is 5.75 Å². The van der Waals surface area contributed by atoms with E-state index < -0.39 is 0 Å². The van der Waals surface area contributed by atoms with E-state index in [-0.39, 0.29) is 5.41 Å². The Morgan fingerprint density at radius 3 is 2.33 bits per heavy atom. The number of hydrogen-bond acceptors (Lipinski definition) is 1. The summed E-state index contributed by atoms with van der Waals surface area (Å²) in [6.45, 7) is 16.3. The summed E-state index contributed by atoms with van der Waals surface area (Å²) in [5.41, 5.74) is 2.81. The van der Waals surface area contributed by atoms with Crippen LogP contribution in [-0.4, -0.2) is 6.61 Å². The fraction of sp³-hybridized carbons (Fsp3) is 0.600. The lowest BCUT2D eigenvalue weighted by molar-refractivity contribution is 0.265. The van der Waals surface area contributed by atoms with E-state index in [0.29, 0.717) is 11.8 Å². The van der Waals surface area contributed by atoms with Crippen LogP contribution in [0.3, 0.4) is 0 Å². The van der Waals surface area contributed by atoms with Crippen LogP contribution in [0.2, 0.25) is 0 Å². The van der Waals surface area contributed by atoms with Crippen molar-refractivity contribution in [1.82, 2.24) is 0 Å². The molecule has 0 saturated carbocycles. The molecular formula is C20H32O. The second-order valence-corrected chi connectivity index (χ2v) is 7.42. The molecule has 1 aromatic rings. The van der Waals surface area contributed by atoms with Gasteiger partial charge in [0.15, 0.2) is 0 Å². The minimum atomic E-state index is 0.0998. The smallest absolute Gasteiger partial charge is 0.123 e. The normalized spacial score (nSPS) is 13.9. The maximum absolute atomic E-state index is 6.03. The van der Waals surface area contributed by atoms with E-state index in [0.717, 1.165) is 18.8 Å². The third-order valence-electron chi connectivity index (χ3n) is 3.68. The van der Waals surface area contributed by atoms with E-state index in [4.69, 9.17) is 4.74 Å². The topological polar surface area (TPSA) is 9.23 Å². The van der Waals surface area contributed by atoms with Crippen LogP contribution >= 0.6 is 0 Å². The molecule has 21 heavy (non-hydrogen) atoms. The monoisotopic (exact) mass is 288 g/mol. The molecule has 0 amide bonds. The van der Waals surface area contributed by atoms with Crippen LogP contribution in [0, 0.1) is 5.92 Å². The first-order valence-corrected chi connectivity index (χ1v) is 8.14. The second kappa shape index (κ2) is 7.68. The summed E-state index contributed by atoms with van der Waals surface area (Å²) in [5, 5.41) is 0. The fourth-order valence-corrected chi connectivity index (χ4v) is 2.30. The van der Waals surface area contributed by atoms with Gasteiger partial charge in [0.05, 0.1) is 6.61 Å². The van der Waals surface area contributed by atoms with Gasteiger partial charge in [0.25, 0.3) is 0 Å². The van der Waals surface area contributed by atoms with Gasteiger partial charge in [-0.15, -0.1) is 0 Å². The number of allylic oxidation sites excluding steroid dienone is 2. The zero-order valence-electron chi connectivity index (χ0n) is 14.9. The first-order chi connectivity index (χ1) is 9.75. The Labute approximate surface area is 131 Å². The molecule has 1 heteroatoms. The van der Waals surface area contributed by atoms with Crippen molar-refractivity contribution >= 4 is 0 Å². The molecule has 0 N–H and O–H groups in total. The average molecular weight is 288 g/mol. The first kappa shape index (κ1) is 17.8. The van der Waals surface area contributed by atoms with E-state index in [9.17, 15) is 0 Å². The summed E-state index contributed by atoms with van der Waals surface area (Å²) >= 11 is 0. The van der Waals surface area contributed by atoms with Gasteiger partial charge >= 0.3 is 0 Å². The molecule has 1 unspecified atom stereocenters. The van der Waals surface area contributed by atoms with Crippen LogP contribution < -0.4 is 4.74 Å². The molecule has 0 bridgehead atoms. The molecular weight excluding hydrogens is 256 g/mol. The molecule has 0 aliphatic rings. The van der Waals surface area contributed by atoms with Gasteiger partial charge in [-0.1, -0.05) is 65.8 Å². The Kier molecular flexibility index (Phi) is 6.51. The Balaban J connectivity index is 3.06. The molecule has 0 saturated heterocycles. The van der Waals surface area contributed by atoms with Gasteiger partial charge in [0.1, 0.15) is 5.75 Å². The van der Waals surface area contributed by atoms with Gasteiger partial charge in [-0.25, -0.2) is 0 Å². The molecule has 0 heterocycles. The van der Waals surface area contributed by atoms with Crippen molar-refractivity contribution in [2.45, 2.75) is 66.2 Å². The van der Waals surface area contributed by atoms with Crippen LogP contribution in [0.15, 0.2) is 30.4 Å². The standard InChI is InChI=1S/C20H32O/c1-8-9-10-16(4)17-11-12-19(21-14-15(2)3)18(13-17)20(5,6)7/h8-9,11-13,15-16H,10,14H2,1-7H3/b9-8-. The summed E-state index contributed by atoms with van der Waals surface area (Å²) < 4.78 is 6.03. The van der Waals surface area contributed by atoms with Crippen molar-refractivity contribution < 1.29 is 4.74 Å². The molecule has 1 atom stereocenters. The summed E-state index contributed by atoms with van der Waals surface area (Å²) in [5.74, 6) is 2.13. The third kappa shape index (κ3) is 5.57. The van der Waals surface area contributed by atoms with Crippen LogP contribution in [0.4, 0.5) is 0 Å². The van der Waals surface area contributed by atoms with E-state index >= 15 is 0 Å². The van der Waals surface area contributed by atoms with Gasteiger partial charge in [0.2, 0.25) is 0 Å². The van der Waals surface area contributed by atoms with Gasteiger partial charge in [-0.2, -0.15) is 0 Å². The van der Waals surface area contributed by atoms with Crippen molar-refractivity contribution in [3.05, 3.63) is 41.5 Å². The van der Waals surface area contributed by atoms with Gasteiger partial charge in [-0.3, -0.25) is 0 Å². The third-order valence-corrected chi connectivity index (χ3v) is 3.68. The van der Waals surface area contributed by atoms with Crippen LogP contribution in [0.25, 0.3) is 0 Å². The molecule has 0 radical (unpaired) electrons. The first-order valence-electron chi connectivity index (χ1n) is 8.14. The van der Waals surface area contributed by atoms with Crippen molar-refractivity contribution in [1.29, 1.82) is 0 Å². The summed E-state index contributed by atoms with van der Waals surface area (Å²) in [4.78, 5) is 0. The lowest BCUT2D eigenvalue weighted by Crippen LogP contribution is -2.16. The lowest BCUT2D eigenvalue weighted by atomic mass is 9.83. The molecule has 0 aliphatic heterocycles. The fourth-order valence-electron chi connectivity index (χ4n) is 2.30. The number of benzene rings is 1. The predicted octanol–water partition coefficient (Wildman–Crippen LogP) is 6.09. The van der Waals surface area contributed by atoms with E-state index in [2.05, 4.69) is 78.8 Å². The SMILES string of the molecule is C/C=C\CC(C)c1ccc(OCC(C)C)c(C(C)(C)C)c1. The average Bonchev–Trinajstić information content (AvgIpc) is 2.41. The lowest BCUT2D eigenvalue weighted by Gasteiger charge is -2.25. The maximum atomic E-state index is 6.03. The molecule has 0 fully saturated rings. The molecule has 0 aromatic heterocycles. The Bertz CT molecular complexity index is 463. The molecule has 118 valence electrons. The largest absolute Gasteiger partial charge is 0.493 e. The van der Waals surface area contributed by atoms with Gasteiger partial charge in [0, 0.05) is 0 Å². The van der Waals surface area contributed by atoms with E-state index in [1.807, 2.05) is 0 Å². The highest BCUT2D eigenvalue weighted by Gasteiger charge is 2.20. The van der Waals surface area contributed by atoms with Crippen LogP contribution in [-0.2, 0) is 5.41 Å². The van der Waals surface area contributed by atoms with Crippen molar-refractivity contribution in [3.8, 4) is 5.75 Å². The summed E-state index contributed by atoms with van der Waals surface area (Å²) in [7, 11) is 0. The Morgan fingerprint density at radius 1 is 1.14 bits per heavy atom. The quantitative estimate of drug-likeness (QED) is 0.576. The molecule has 1 aromatic carbocycles. The predicted molar refractivity (Wildman–Crippen MR) is 93.3 cm³/mol. The zero-order valence-corrected chi connectivity index (χ0v) is 14.9. The minimum Gasteiger partial charge on any atom is -0.493 e. The van der Waals surface area contributed by atoms with Crippen molar-refractivity contribution in [2.75, 3.05) is 6.61 Å². The highest BCUT2D eigenvalue weighted by atomic mass is 16.5. The van der Waals surface area contributed by atoms with Gasteiger partial charge in [-0.05, 0) is 47.8 Å². The highest BCUT2D eigenvalue weighted by molar-refractivity contribution is 5.42. The number of hydrogen-bond donors (Lipinski definition) is 0.